The van der Waals surface area contributed by atoms with Gasteiger partial charge >= 0.3 is 0 Å². The summed E-state index contributed by atoms with van der Waals surface area (Å²) in [7, 11) is 3.47. The van der Waals surface area contributed by atoms with Gasteiger partial charge in [-0.1, -0.05) is 6.07 Å². The Morgan fingerprint density at radius 1 is 1.33 bits per heavy atom. The molecule has 3 heteroatoms. The molecule has 0 aromatic heterocycles. The third kappa shape index (κ3) is 3.24. The fraction of sp³-hybridized carbons (Fsp3) is 0.600. The highest BCUT2D eigenvalue weighted by atomic mass is 16.5. The first kappa shape index (κ1) is 13.4. The summed E-state index contributed by atoms with van der Waals surface area (Å²) in [4.78, 5) is 0. The zero-order chi connectivity index (χ0) is 12.8. The molecular formula is C15H23NO2. The Labute approximate surface area is 109 Å². The Morgan fingerprint density at radius 2 is 2.22 bits per heavy atom. The van der Waals surface area contributed by atoms with Crippen LogP contribution in [0.2, 0.25) is 0 Å². The minimum absolute atomic E-state index is 0.636. The van der Waals surface area contributed by atoms with Crippen molar-refractivity contribution >= 4 is 0 Å². The van der Waals surface area contributed by atoms with Crippen molar-refractivity contribution < 1.29 is 9.47 Å². The lowest BCUT2D eigenvalue weighted by Crippen LogP contribution is -2.27. The second-order valence-electron chi connectivity index (χ2n) is 4.85. The summed E-state index contributed by atoms with van der Waals surface area (Å²) in [6, 6.07) is 6.50. The van der Waals surface area contributed by atoms with Crippen LogP contribution in [0, 0.1) is 0 Å². The van der Waals surface area contributed by atoms with Crippen molar-refractivity contribution in [1.29, 1.82) is 0 Å². The lowest BCUT2D eigenvalue weighted by molar-refractivity contribution is 0.198. The van der Waals surface area contributed by atoms with E-state index < -0.39 is 0 Å². The molecule has 0 aliphatic heterocycles. The molecule has 3 nitrogen and oxygen atoms in total. The first-order valence-electron chi connectivity index (χ1n) is 6.71. The molecule has 1 unspecified atom stereocenters. The van der Waals surface area contributed by atoms with Gasteiger partial charge in [-0.2, -0.15) is 0 Å². The number of ether oxygens (including phenoxy) is 2. The Hall–Kier alpha value is -1.06. The van der Waals surface area contributed by atoms with Gasteiger partial charge in [0.25, 0.3) is 0 Å². The zero-order valence-electron chi connectivity index (χ0n) is 11.4. The predicted molar refractivity (Wildman–Crippen MR) is 73.4 cm³/mol. The van der Waals surface area contributed by atoms with Gasteiger partial charge in [0.15, 0.2) is 0 Å². The van der Waals surface area contributed by atoms with Gasteiger partial charge in [0.05, 0.1) is 13.7 Å². The van der Waals surface area contributed by atoms with Crippen LogP contribution in [-0.2, 0) is 11.2 Å². The molecule has 2 rings (SSSR count). The SMILES string of the molecule is COCCNCC1CCCc2cc(OC)ccc21. The second-order valence-corrected chi connectivity index (χ2v) is 4.85. The largest absolute Gasteiger partial charge is 0.497 e. The maximum absolute atomic E-state index is 5.30. The van der Waals surface area contributed by atoms with Gasteiger partial charge < -0.3 is 14.8 Å². The molecule has 0 heterocycles. The van der Waals surface area contributed by atoms with Crippen LogP contribution in [0.1, 0.15) is 29.9 Å². The smallest absolute Gasteiger partial charge is 0.119 e. The van der Waals surface area contributed by atoms with Crippen LogP contribution in [0.25, 0.3) is 0 Å². The van der Waals surface area contributed by atoms with Gasteiger partial charge in [0.2, 0.25) is 0 Å². The van der Waals surface area contributed by atoms with Gasteiger partial charge in [-0.05, 0) is 48.4 Å². The Morgan fingerprint density at radius 3 is 3.00 bits per heavy atom. The zero-order valence-corrected chi connectivity index (χ0v) is 11.4. The van der Waals surface area contributed by atoms with Gasteiger partial charge in [-0.25, -0.2) is 0 Å². The van der Waals surface area contributed by atoms with Crippen molar-refractivity contribution in [2.24, 2.45) is 0 Å². The molecule has 1 aliphatic carbocycles. The third-order valence-corrected chi connectivity index (χ3v) is 3.66. The van der Waals surface area contributed by atoms with Crippen molar-refractivity contribution in [3.8, 4) is 5.75 Å². The van der Waals surface area contributed by atoms with E-state index in [2.05, 4.69) is 23.5 Å². The standard InChI is InChI=1S/C15H23NO2/c1-17-9-8-16-11-13-5-3-4-12-10-14(18-2)6-7-15(12)13/h6-7,10,13,16H,3-5,8-9,11H2,1-2H3. The number of aryl methyl sites for hydroxylation is 1. The van der Waals surface area contributed by atoms with Gasteiger partial charge in [-0.15, -0.1) is 0 Å². The fourth-order valence-corrected chi connectivity index (χ4v) is 2.68. The summed E-state index contributed by atoms with van der Waals surface area (Å²) in [6.45, 7) is 2.75. The lowest BCUT2D eigenvalue weighted by atomic mass is 9.82. The molecule has 0 spiro atoms. The Bertz CT molecular complexity index is 379. The summed E-state index contributed by atoms with van der Waals surface area (Å²) < 4.78 is 10.3. The van der Waals surface area contributed by atoms with Crippen LogP contribution in [0.4, 0.5) is 0 Å². The number of rotatable bonds is 6. The highest BCUT2D eigenvalue weighted by molar-refractivity contribution is 5.39. The molecule has 100 valence electrons. The number of hydrogen-bond acceptors (Lipinski definition) is 3. The number of methoxy groups -OCH3 is 2. The number of nitrogens with one attached hydrogen (secondary N) is 1. The van der Waals surface area contributed by atoms with E-state index in [9.17, 15) is 0 Å². The average molecular weight is 249 g/mol. The summed E-state index contributed by atoms with van der Waals surface area (Å²) in [5.74, 6) is 1.61. The molecule has 0 bridgehead atoms. The van der Waals surface area contributed by atoms with Crippen LogP contribution < -0.4 is 10.1 Å². The van der Waals surface area contributed by atoms with Crippen molar-refractivity contribution in [1.82, 2.24) is 5.32 Å². The lowest BCUT2D eigenvalue weighted by Gasteiger charge is -2.26. The number of benzene rings is 1. The van der Waals surface area contributed by atoms with Crippen LogP contribution in [-0.4, -0.2) is 33.9 Å². The highest BCUT2D eigenvalue weighted by Crippen LogP contribution is 2.33. The minimum atomic E-state index is 0.636. The summed E-state index contributed by atoms with van der Waals surface area (Å²) in [5, 5.41) is 3.47. The van der Waals surface area contributed by atoms with E-state index in [-0.39, 0.29) is 0 Å². The van der Waals surface area contributed by atoms with Crippen molar-refractivity contribution in [2.75, 3.05) is 33.9 Å². The first-order valence-corrected chi connectivity index (χ1v) is 6.71. The van der Waals surface area contributed by atoms with E-state index >= 15 is 0 Å². The summed E-state index contributed by atoms with van der Waals surface area (Å²) in [6.07, 6.45) is 3.73. The number of hydrogen-bond donors (Lipinski definition) is 1. The number of fused-ring (bicyclic) bond motifs is 1. The Kier molecular flexibility index (Phi) is 5.02. The van der Waals surface area contributed by atoms with E-state index in [0.29, 0.717) is 5.92 Å². The summed E-state index contributed by atoms with van der Waals surface area (Å²) in [5.41, 5.74) is 2.95. The van der Waals surface area contributed by atoms with E-state index in [1.54, 1.807) is 14.2 Å². The monoisotopic (exact) mass is 249 g/mol. The molecule has 0 saturated heterocycles. The van der Waals surface area contributed by atoms with E-state index in [0.717, 1.165) is 25.4 Å². The molecule has 0 fully saturated rings. The molecular weight excluding hydrogens is 226 g/mol. The van der Waals surface area contributed by atoms with E-state index in [4.69, 9.17) is 9.47 Å². The molecule has 0 saturated carbocycles. The highest BCUT2D eigenvalue weighted by Gasteiger charge is 2.20. The topological polar surface area (TPSA) is 30.5 Å². The molecule has 0 radical (unpaired) electrons. The molecule has 1 atom stereocenters. The van der Waals surface area contributed by atoms with Crippen molar-refractivity contribution in [2.45, 2.75) is 25.2 Å². The Balaban J connectivity index is 1.99. The van der Waals surface area contributed by atoms with E-state index in [1.807, 2.05) is 0 Å². The minimum Gasteiger partial charge on any atom is -0.497 e. The average Bonchev–Trinajstić information content (AvgIpc) is 2.43. The van der Waals surface area contributed by atoms with Gasteiger partial charge in [0.1, 0.15) is 5.75 Å². The maximum Gasteiger partial charge on any atom is 0.119 e. The molecule has 1 aromatic carbocycles. The van der Waals surface area contributed by atoms with Gasteiger partial charge in [-0.3, -0.25) is 0 Å². The molecule has 1 aromatic rings. The molecule has 18 heavy (non-hydrogen) atoms. The van der Waals surface area contributed by atoms with Crippen molar-refractivity contribution in [3.63, 3.8) is 0 Å². The quantitative estimate of drug-likeness (QED) is 0.785. The first-order chi connectivity index (χ1) is 8.85. The molecule has 1 N–H and O–H groups in total. The van der Waals surface area contributed by atoms with Crippen LogP contribution in [0.3, 0.4) is 0 Å². The maximum atomic E-state index is 5.30. The van der Waals surface area contributed by atoms with Crippen LogP contribution in [0.5, 0.6) is 5.75 Å². The van der Waals surface area contributed by atoms with Crippen molar-refractivity contribution in [3.05, 3.63) is 29.3 Å². The van der Waals surface area contributed by atoms with Crippen LogP contribution in [0.15, 0.2) is 18.2 Å². The van der Waals surface area contributed by atoms with E-state index in [1.165, 1.54) is 30.4 Å². The molecule has 0 amide bonds. The second kappa shape index (κ2) is 6.76. The normalized spacial score (nSPS) is 18.4. The van der Waals surface area contributed by atoms with Gasteiger partial charge in [0, 0.05) is 20.2 Å². The summed E-state index contributed by atoms with van der Waals surface area (Å²) >= 11 is 0. The molecule has 1 aliphatic rings. The fourth-order valence-electron chi connectivity index (χ4n) is 2.68. The van der Waals surface area contributed by atoms with Crippen LogP contribution >= 0.6 is 0 Å². The third-order valence-electron chi connectivity index (χ3n) is 3.66. The predicted octanol–water partition coefficient (Wildman–Crippen LogP) is 2.35.